The van der Waals surface area contributed by atoms with Gasteiger partial charge in [0.1, 0.15) is 11.9 Å². The summed E-state index contributed by atoms with van der Waals surface area (Å²) < 4.78 is 21.9. The van der Waals surface area contributed by atoms with Crippen molar-refractivity contribution in [3.05, 3.63) is 11.6 Å². The van der Waals surface area contributed by atoms with Gasteiger partial charge in [0.25, 0.3) is 0 Å². The van der Waals surface area contributed by atoms with E-state index in [9.17, 15) is 34.2 Å². The fraction of sp³-hybridized carbons (Fsp3) is 0.759. The second-order valence-corrected chi connectivity index (χ2v) is 12.5. The van der Waals surface area contributed by atoms with E-state index >= 15 is 0 Å². The number of carbonyl (C=O) groups is 5. The van der Waals surface area contributed by atoms with Crippen LogP contribution in [0.3, 0.4) is 0 Å². The number of hydrogen-bond donors (Lipinski definition) is 2. The Morgan fingerprint density at radius 1 is 1.10 bits per heavy atom. The predicted molar refractivity (Wildman–Crippen MR) is 137 cm³/mol. The summed E-state index contributed by atoms with van der Waals surface area (Å²) in [5.41, 5.74) is -3.95. The number of ether oxygens (including phenoxy) is 4. The topological polar surface area (TPSA) is 163 Å². The summed E-state index contributed by atoms with van der Waals surface area (Å²) in [6.45, 7) is 8.45. The van der Waals surface area contributed by atoms with Crippen molar-refractivity contribution in [2.75, 3.05) is 20.8 Å². The first-order valence-electron chi connectivity index (χ1n) is 13.7. The van der Waals surface area contributed by atoms with Crippen molar-refractivity contribution in [1.29, 1.82) is 0 Å². The van der Waals surface area contributed by atoms with Crippen molar-refractivity contribution in [1.82, 2.24) is 0 Å². The molecule has 4 fully saturated rings. The average molecular weight is 565 g/mol. The summed E-state index contributed by atoms with van der Waals surface area (Å²) in [5.74, 6) is -6.64. The summed E-state index contributed by atoms with van der Waals surface area (Å²) >= 11 is 0. The van der Waals surface area contributed by atoms with Crippen molar-refractivity contribution >= 4 is 29.5 Å². The van der Waals surface area contributed by atoms with Gasteiger partial charge in [-0.2, -0.15) is 0 Å². The van der Waals surface area contributed by atoms with Crippen LogP contribution in [0.2, 0.25) is 0 Å². The number of Topliss-reactive ketones (excluding diaryl/α,β-unsaturated/α-hetero) is 2. The molecule has 0 aromatic carbocycles. The molecular formula is C29H40O11. The van der Waals surface area contributed by atoms with Crippen LogP contribution in [0.25, 0.3) is 0 Å². The van der Waals surface area contributed by atoms with E-state index in [0.29, 0.717) is 0 Å². The van der Waals surface area contributed by atoms with Crippen LogP contribution in [-0.4, -0.2) is 84.4 Å². The molecule has 40 heavy (non-hydrogen) atoms. The Hall–Kier alpha value is -2.63. The van der Waals surface area contributed by atoms with Gasteiger partial charge < -0.3 is 29.2 Å². The van der Waals surface area contributed by atoms with Crippen LogP contribution in [0.4, 0.5) is 0 Å². The van der Waals surface area contributed by atoms with Gasteiger partial charge in [-0.05, 0) is 37.5 Å². The van der Waals surface area contributed by atoms with Crippen molar-refractivity contribution in [2.45, 2.75) is 77.8 Å². The quantitative estimate of drug-likeness (QED) is 0.259. The van der Waals surface area contributed by atoms with E-state index in [0.717, 1.165) is 12.7 Å². The molecule has 0 amide bonds. The first-order chi connectivity index (χ1) is 18.6. The molecule has 3 saturated carbocycles. The SMILES string of the molecule is COC(=O)C[C@]1(C)[C@H]2[C@@H](O)[C@H](O)[C@]3(C(=O)OC)OC[C@@]24[C@H](CC(=O)[C@H](OC(=O)/C=C(\C)C(C)C)[C@@H]34)C[C@H]1C(C)=O. The predicted octanol–water partition coefficient (Wildman–Crippen LogP) is 1.16. The van der Waals surface area contributed by atoms with Gasteiger partial charge in [-0.1, -0.05) is 26.3 Å². The van der Waals surface area contributed by atoms with Gasteiger partial charge in [-0.3, -0.25) is 14.4 Å². The lowest BCUT2D eigenvalue weighted by atomic mass is 9.36. The average Bonchev–Trinajstić information content (AvgIpc) is 3.19. The first-order valence-corrected chi connectivity index (χ1v) is 13.7. The van der Waals surface area contributed by atoms with Crippen LogP contribution in [0, 0.1) is 40.4 Å². The van der Waals surface area contributed by atoms with E-state index in [1.807, 2.05) is 13.8 Å². The van der Waals surface area contributed by atoms with Crippen LogP contribution in [-0.2, 0) is 42.9 Å². The summed E-state index contributed by atoms with van der Waals surface area (Å²) in [5, 5.41) is 23.4. The van der Waals surface area contributed by atoms with Crippen molar-refractivity contribution < 1.29 is 53.1 Å². The Morgan fingerprint density at radius 3 is 2.30 bits per heavy atom. The number of ketones is 2. The molecule has 1 saturated heterocycles. The van der Waals surface area contributed by atoms with E-state index in [4.69, 9.17) is 18.9 Å². The maximum absolute atomic E-state index is 13.7. The second-order valence-electron chi connectivity index (χ2n) is 12.5. The van der Waals surface area contributed by atoms with Crippen LogP contribution in [0.5, 0.6) is 0 Å². The van der Waals surface area contributed by atoms with Gasteiger partial charge in [0, 0.05) is 29.7 Å². The number of carbonyl (C=O) groups excluding carboxylic acids is 5. The summed E-state index contributed by atoms with van der Waals surface area (Å²) in [4.78, 5) is 65.9. The molecule has 222 valence electrons. The maximum Gasteiger partial charge on any atom is 0.341 e. The highest BCUT2D eigenvalue weighted by Gasteiger charge is 2.83. The van der Waals surface area contributed by atoms with Gasteiger partial charge in [-0.25, -0.2) is 9.59 Å². The molecule has 4 rings (SSSR count). The zero-order chi connectivity index (χ0) is 29.9. The molecule has 1 heterocycles. The number of hydrogen-bond acceptors (Lipinski definition) is 11. The van der Waals surface area contributed by atoms with Gasteiger partial charge >= 0.3 is 17.9 Å². The highest BCUT2D eigenvalue weighted by Crippen LogP contribution is 2.73. The Kier molecular flexibility index (Phi) is 7.83. The molecule has 10 atom stereocenters. The molecule has 11 nitrogen and oxygen atoms in total. The largest absolute Gasteiger partial charge is 0.469 e. The van der Waals surface area contributed by atoms with E-state index < -0.39 is 82.1 Å². The fourth-order valence-corrected chi connectivity index (χ4v) is 8.43. The Bertz CT molecular complexity index is 1140. The molecule has 1 aliphatic heterocycles. The molecule has 4 aliphatic rings. The molecule has 11 heteroatoms. The number of allylic oxidation sites excluding steroid dienone is 1. The number of methoxy groups -OCH3 is 2. The third-order valence-electron chi connectivity index (χ3n) is 10.4. The van der Waals surface area contributed by atoms with E-state index in [-0.39, 0.29) is 37.6 Å². The highest BCUT2D eigenvalue weighted by molar-refractivity contribution is 5.93. The number of aliphatic hydroxyl groups excluding tert-OH is 2. The second kappa shape index (κ2) is 10.3. The Balaban J connectivity index is 1.95. The molecule has 0 radical (unpaired) electrons. The van der Waals surface area contributed by atoms with Crippen LogP contribution in [0.1, 0.15) is 53.9 Å². The molecule has 2 bridgehead atoms. The van der Waals surface area contributed by atoms with Gasteiger partial charge in [-0.15, -0.1) is 0 Å². The monoisotopic (exact) mass is 564 g/mol. The molecule has 0 aromatic heterocycles. The standard InChI is InChI=1S/C29H40O11/c1-13(2)14(3)8-19(32)40-22-18(31)10-16-9-17(15(4)30)27(5,11-20(33)37-6)23-21(34)25(35)29(26(36)38-7)24(22)28(16,23)12-39-29/h8,13,16-17,21-25,34-35H,9-12H2,1-7H3/b14-8+/t16-,17-,21+,22-,23+,24+,25-,27-,28+,29+/m0/s1. The summed E-state index contributed by atoms with van der Waals surface area (Å²) in [6.07, 6.45) is -3.93. The highest BCUT2D eigenvalue weighted by atomic mass is 16.6. The lowest BCUT2D eigenvalue weighted by molar-refractivity contribution is -0.267. The number of aliphatic hydroxyl groups is 2. The Morgan fingerprint density at radius 2 is 1.75 bits per heavy atom. The minimum atomic E-state index is -2.21. The van der Waals surface area contributed by atoms with Crippen molar-refractivity contribution in [2.24, 2.45) is 40.4 Å². The lowest BCUT2D eigenvalue weighted by Gasteiger charge is -2.67. The number of rotatable bonds is 7. The third kappa shape index (κ3) is 4.07. The lowest BCUT2D eigenvalue weighted by Crippen LogP contribution is -2.77. The molecule has 2 N–H and O–H groups in total. The van der Waals surface area contributed by atoms with Crippen molar-refractivity contribution in [3.8, 4) is 0 Å². The third-order valence-corrected chi connectivity index (χ3v) is 10.4. The fourth-order valence-electron chi connectivity index (χ4n) is 8.43. The van der Waals surface area contributed by atoms with Crippen LogP contribution in [0.15, 0.2) is 11.6 Å². The van der Waals surface area contributed by atoms with E-state index in [1.54, 1.807) is 13.8 Å². The minimum Gasteiger partial charge on any atom is -0.469 e. The molecular weight excluding hydrogens is 524 g/mol. The van der Waals surface area contributed by atoms with E-state index in [2.05, 4.69) is 0 Å². The molecule has 0 unspecified atom stereocenters. The van der Waals surface area contributed by atoms with Gasteiger partial charge in [0.2, 0.25) is 5.60 Å². The summed E-state index contributed by atoms with van der Waals surface area (Å²) in [7, 11) is 2.32. The van der Waals surface area contributed by atoms with Gasteiger partial charge in [0.05, 0.1) is 39.3 Å². The minimum absolute atomic E-state index is 0.0374. The van der Waals surface area contributed by atoms with Crippen LogP contribution >= 0.6 is 0 Å². The zero-order valence-electron chi connectivity index (χ0n) is 24.1. The van der Waals surface area contributed by atoms with E-state index in [1.165, 1.54) is 20.1 Å². The normalized spacial score (nSPS) is 42.2. The smallest absolute Gasteiger partial charge is 0.341 e. The Labute approximate surface area is 233 Å². The molecule has 1 spiro atoms. The molecule has 0 aromatic rings. The van der Waals surface area contributed by atoms with Gasteiger partial charge in [0.15, 0.2) is 11.9 Å². The van der Waals surface area contributed by atoms with Crippen LogP contribution < -0.4 is 0 Å². The van der Waals surface area contributed by atoms with Crippen molar-refractivity contribution in [3.63, 3.8) is 0 Å². The first kappa shape index (κ1) is 30.3. The molecule has 3 aliphatic carbocycles. The zero-order valence-corrected chi connectivity index (χ0v) is 24.1. The maximum atomic E-state index is 13.7. The summed E-state index contributed by atoms with van der Waals surface area (Å²) in [6, 6.07) is 0. The number of esters is 3.